The Morgan fingerprint density at radius 1 is 1.17 bits per heavy atom. The standard InChI is InChI=1S/C26H35BrN4O4/c1-16-9-8-11-18(13-16)28-23-22(24(33)34-5)20(15-27)30-25(31-23)29-19-12-7-6-10-17(19)14-21(32)35-26(2,3)4/h8-9,11,13,17,19H,6-7,10,12,14-15H2,1-5H3,(H2,28,29,30,31)/t17-,19-/m1/s1. The van der Waals surface area contributed by atoms with Gasteiger partial charge >= 0.3 is 11.9 Å². The first-order valence-corrected chi connectivity index (χ1v) is 13.1. The Morgan fingerprint density at radius 2 is 1.91 bits per heavy atom. The summed E-state index contributed by atoms with van der Waals surface area (Å²) in [7, 11) is 1.34. The molecule has 1 saturated carbocycles. The first-order valence-electron chi connectivity index (χ1n) is 12.0. The van der Waals surface area contributed by atoms with Crippen LogP contribution in [0.25, 0.3) is 0 Å². The van der Waals surface area contributed by atoms with E-state index in [0.29, 0.717) is 29.2 Å². The molecule has 0 bridgehead atoms. The molecule has 2 N–H and O–H groups in total. The van der Waals surface area contributed by atoms with Gasteiger partial charge in [0, 0.05) is 17.1 Å². The molecule has 35 heavy (non-hydrogen) atoms. The van der Waals surface area contributed by atoms with Gasteiger partial charge in [-0.15, -0.1) is 0 Å². The van der Waals surface area contributed by atoms with E-state index in [4.69, 9.17) is 9.47 Å². The summed E-state index contributed by atoms with van der Waals surface area (Å²) < 4.78 is 10.6. The lowest BCUT2D eigenvalue weighted by Gasteiger charge is -2.32. The average Bonchev–Trinajstić information content (AvgIpc) is 2.78. The number of aryl methyl sites for hydroxylation is 1. The van der Waals surface area contributed by atoms with Crippen molar-refractivity contribution in [3.8, 4) is 0 Å². The number of alkyl halides is 1. The number of anilines is 3. The second-order valence-corrected chi connectivity index (χ2v) is 10.5. The smallest absolute Gasteiger partial charge is 0.343 e. The number of nitrogens with one attached hydrogen (secondary N) is 2. The summed E-state index contributed by atoms with van der Waals surface area (Å²) in [6.07, 6.45) is 4.30. The van der Waals surface area contributed by atoms with Crippen LogP contribution in [0.1, 0.15) is 74.5 Å². The van der Waals surface area contributed by atoms with Crippen LogP contribution in [0, 0.1) is 12.8 Å². The summed E-state index contributed by atoms with van der Waals surface area (Å²) in [5, 5.41) is 7.07. The fraction of sp³-hybridized carbons (Fsp3) is 0.538. The second kappa shape index (κ2) is 11.8. The molecule has 0 unspecified atom stereocenters. The van der Waals surface area contributed by atoms with Crippen molar-refractivity contribution in [1.82, 2.24) is 9.97 Å². The number of esters is 2. The molecular formula is C26H35BrN4O4. The highest BCUT2D eigenvalue weighted by Crippen LogP contribution is 2.32. The number of hydrogen-bond acceptors (Lipinski definition) is 8. The third-order valence-corrected chi connectivity index (χ3v) is 6.38. The van der Waals surface area contributed by atoms with Crippen molar-refractivity contribution < 1.29 is 19.1 Å². The average molecular weight is 547 g/mol. The van der Waals surface area contributed by atoms with Crippen molar-refractivity contribution in [1.29, 1.82) is 0 Å². The van der Waals surface area contributed by atoms with Crippen molar-refractivity contribution in [3.63, 3.8) is 0 Å². The first-order chi connectivity index (χ1) is 16.6. The Kier molecular flexibility index (Phi) is 9.10. The molecule has 9 heteroatoms. The molecular weight excluding hydrogens is 512 g/mol. The summed E-state index contributed by atoms with van der Waals surface area (Å²) in [4.78, 5) is 34.4. The quantitative estimate of drug-likeness (QED) is 0.311. The Bertz CT molecular complexity index is 1050. The minimum Gasteiger partial charge on any atom is -0.465 e. The van der Waals surface area contributed by atoms with Crippen LogP contribution in [-0.2, 0) is 19.6 Å². The van der Waals surface area contributed by atoms with Gasteiger partial charge in [0.25, 0.3) is 0 Å². The van der Waals surface area contributed by atoms with Gasteiger partial charge < -0.3 is 20.1 Å². The number of methoxy groups -OCH3 is 1. The molecule has 1 aromatic heterocycles. The fourth-order valence-electron chi connectivity index (χ4n) is 4.34. The van der Waals surface area contributed by atoms with Gasteiger partial charge in [-0.05, 0) is 64.2 Å². The molecule has 2 atom stereocenters. The normalized spacial score (nSPS) is 18.0. The third kappa shape index (κ3) is 7.65. The Hall–Kier alpha value is -2.68. The molecule has 0 spiro atoms. The van der Waals surface area contributed by atoms with Gasteiger partial charge in [-0.3, -0.25) is 4.79 Å². The van der Waals surface area contributed by atoms with Gasteiger partial charge in [0.05, 0.1) is 19.2 Å². The largest absolute Gasteiger partial charge is 0.465 e. The van der Waals surface area contributed by atoms with E-state index < -0.39 is 11.6 Å². The highest BCUT2D eigenvalue weighted by molar-refractivity contribution is 9.08. The first kappa shape index (κ1) is 26.9. The molecule has 0 amide bonds. The molecule has 1 aromatic carbocycles. The van der Waals surface area contributed by atoms with E-state index in [9.17, 15) is 9.59 Å². The second-order valence-electron chi connectivity index (χ2n) is 9.92. The maximum Gasteiger partial charge on any atom is 0.343 e. The van der Waals surface area contributed by atoms with Crippen LogP contribution >= 0.6 is 15.9 Å². The SMILES string of the molecule is COC(=O)c1c(CBr)nc(N[C@@H]2CCCC[C@@H]2CC(=O)OC(C)(C)C)nc1Nc1cccc(C)c1. The van der Waals surface area contributed by atoms with Crippen LogP contribution in [0.15, 0.2) is 24.3 Å². The molecule has 0 radical (unpaired) electrons. The predicted octanol–water partition coefficient (Wildman–Crippen LogP) is 5.91. The van der Waals surface area contributed by atoms with E-state index >= 15 is 0 Å². The molecule has 2 aromatic rings. The van der Waals surface area contributed by atoms with Gasteiger partial charge in [-0.1, -0.05) is 40.9 Å². The predicted molar refractivity (Wildman–Crippen MR) is 140 cm³/mol. The van der Waals surface area contributed by atoms with Gasteiger partial charge in [-0.2, -0.15) is 4.98 Å². The van der Waals surface area contributed by atoms with Crippen molar-refractivity contribution >= 4 is 45.3 Å². The number of carbonyl (C=O) groups is 2. The number of hydrogen-bond donors (Lipinski definition) is 2. The molecule has 8 nitrogen and oxygen atoms in total. The summed E-state index contributed by atoms with van der Waals surface area (Å²) in [6.45, 7) is 7.63. The van der Waals surface area contributed by atoms with E-state index in [1.165, 1.54) is 7.11 Å². The maximum atomic E-state index is 12.6. The van der Waals surface area contributed by atoms with E-state index in [0.717, 1.165) is 36.9 Å². The molecule has 3 rings (SSSR count). The number of ether oxygens (including phenoxy) is 2. The molecule has 190 valence electrons. The Morgan fingerprint density at radius 3 is 2.57 bits per heavy atom. The molecule has 0 aliphatic heterocycles. The van der Waals surface area contributed by atoms with E-state index in [2.05, 4.69) is 36.5 Å². The van der Waals surface area contributed by atoms with Crippen LogP contribution in [0.4, 0.5) is 17.5 Å². The number of rotatable bonds is 8. The number of nitrogens with zero attached hydrogens (tertiary/aromatic N) is 2. The summed E-state index contributed by atoms with van der Waals surface area (Å²) >= 11 is 3.45. The lowest BCUT2D eigenvalue weighted by atomic mass is 9.82. The van der Waals surface area contributed by atoms with Crippen molar-refractivity contribution in [2.75, 3.05) is 17.7 Å². The van der Waals surface area contributed by atoms with Gasteiger partial charge in [0.15, 0.2) is 5.82 Å². The minimum atomic E-state index is -0.512. The van der Waals surface area contributed by atoms with Crippen LogP contribution in [-0.4, -0.2) is 40.7 Å². The Labute approximate surface area is 215 Å². The van der Waals surface area contributed by atoms with Gasteiger partial charge in [0.1, 0.15) is 11.2 Å². The summed E-state index contributed by atoms with van der Waals surface area (Å²) in [6, 6.07) is 7.84. The maximum absolute atomic E-state index is 12.6. The van der Waals surface area contributed by atoms with Crippen molar-refractivity contribution in [2.45, 2.75) is 76.8 Å². The van der Waals surface area contributed by atoms with E-state index in [-0.39, 0.29) is 23.5 Å². The zero-order valence-electron chi connectivity index (χ0n) is 21.1. The number of benzene rings is 1. The highest BCUT2D eigenvalue weighted by Gasteiger charge is 2.30. The lowest BCUT2D eigenvalue weighted by molar-refractivity contribution is -0.156. The van der Waals surface area contributed by atoms with Crippen LogP contribution < -0.4 is 10.6 Å². The Balaban J connectivity index is 1.90. The summed E-state index contributed by atoms with van der Waals surface area (Å²) in [5.41, 5.74) is 2.17. The van der Waals surface area contributed by atoms with Gasteiger partial charge in [0.2, 0.25) is 5.95 Å². The zero-order valence-corrected chi connectivity index (χ0v) is 22.7. The molecule has 1 aliphatic rings. The van der Waals surface area contributed by atoms with Crippen molar-refractivity contribution in [3.05, 3.63) is 41.1 Å². The molecule has 1 heterocycles. The van der Waals surface area contributed by atoms with E-state index in [1.807, 2.05) is 52.0 Å². The highest BCUT2D eigenvalue weighted by atomic mass is 79.9. The number of aromatic nitrogens is 2. The van der Waals surface area contributed by atoms with Crippen molar-refractivity contribution in [2.24, 2.45) is 5.92 Å². The summed E-state index contributed by atoms with van der Waals surface area (Å²) in [5.74, 6) is 0.183. The van der Waals surface area contributed by atoms with E-state index in [1.54, 1.807) is 0 Å². The fourth-order valence-corrected chi connectivity index (χ4v) is 4.75. The van der Waals surface area contributed by atoms with Crippen LogP contribution in [0.5, 0.6) is 0 Å². The monoisotopic (exact) mass is 546 g/mol. The van der Waals surface area contributed by atoms with Crippen LogP contribution in [0.3, 0.4) is 0 Å². The molecule has 1 aliphatic carbocycles. The number of halogens is 1. The molecule has 0 saturated heterocycles. The topological polar surface area (TPSA) is 102 Å². The third-order valence-electron chi connectivity index (χ3n) is 5.85. The zero-order chi connectivity index (χ0) is 25.6. The lowest BCUT2D eigenvalue weighted by Crippen LogP contribution is -2.36. The minimum absolute atomic E-state index is 0.0234. The molecule has 1 fully saturated rings. The number of carbonyl (C=O) groups excluding carboxylic acids is 2. The van der Waals surface area contributed by atoms with Crippen LogP contribution in [0.2, 0.25) is 0 Å². The van der Waals surface area contributed by atoms with Gasteiger partial charge in [-0.25, -0.2) is 9.78 Å².